The third-order valence-electron chi connectivity index (χ3n) is 6.94. The zero-order valence-electron chi connectivity index (χ0n) is 14.1. The van der Waals surface area contributed by atoms with E-state index in [0.717, 1.165) is 19.3 Å². The quantitative estimate of drug-likeness (QED) is 0.789. The SMILES string of the molecule is CCN(CC)C(=O)CN1[C@@H]2C[C@H]3CC[C@]2(CS1(=O)=O)C3(C)C. The molecule has 0 aromatic rings. The minimum atomic E-state index is -3.32. The Labute approximate surface area is 134 Å². The standard InChI is InChI=1S/C16H28N2O3S/c1-5-17(6-2)14(19)10-18-13-9-12-7-8-16(13,15(12,3)4)11-22(18,20)21/h12-13H,5-11H2,1-4H3/t12-,13-,16-/m1/s1. The summed E-state index contributed by atoms with van der Waals surface area (Å²) < 4.78 is 27.0. The van der Waals surface area contributed by atoms with Crippen molar-refractivity contribution in [3.05, 3.63) is 0 Å². The molecule has 2 saturated carbocycles. The average molecular weight is 328 g/mol. The van der Waals surface area contributed by atoms with Gasteiger partial charge in [-0.2, -0.15) is 4.31 Å². The van der Waals surface area contributed by atoms with Gasteiger partial charge >= 0.3 is 0 Å². The van der Waals surface area contributed by atoms with E-state index in [2.05, 4.69) is 13.8 Å². The van der Waals surface area contributed by atoms with Crippen molar-refractivity contribution in [2.75, 3.05) is 25.4 Å². The van der Waals surface area contributed by atoms with E-state index < -0.39 is 10.0 Å². The van der Waals surface area contributed by atoms with E-state index in [1.165, 1.54) is 0 Å². The molecule has 0 N–H and O–H groups in total. The summed E-state index contributed by atoms with van der Waals surface area (Å²) in [7, 11) is -3.32. The van der Waals surface area contributed by atoms with Gasteiger partial charge in [0, 0.05) is 24.5 Å². The highest BCUT2D eigenvalue weighted by Gasteiger charge is 2.71. The van der Waals surface area contributed by atoms with E-state index >= 15 is 0 Å². The molecule has 1 saturated heterocycles. The second kappa shape index (κ2) is 4.94. The molecule has 3 atom stereocenters. The first-order valence-electron chi connectivity index (χ1n) is 8.47. The molecule has 6 heteroatoms. The molecule has 2 bridgehead atoms. The van der Waals surface area contributed by atoms with Crippen LogP contribution in [-0.2, 0) is 14.8 Å². The molecule has 0 aromatic heterocycles. The molecule has 3 rings (SSSR count). The summed E-state index contributed by atoms with van der Waals surface area (Å²) in [5.41, 5.74) is -0.0717. The Morgan fingerprint density at radius 3 is 2.45 bits per heavy atom. The van der Waals surface area contributed by atoms with Crippen LogP contribution in [0.25, 0.3) is 0 Å². The van der Waals surface area contributed by atoms with Crippen LogP contribution >= 0.6 is 0 Å². The first kappa shape index (κ1) is 16.2. The number of fused-ring (bicyclic) bond motifs is 1. The topological polar surface area (TPSA) is 57.7 Å². The van der Waals surface area contributed by atoms with Crippen molar-refractivity contribution in [3.63, 3.8) is 0 Å². The Bertz CT molecular complexity index is 582. The Morgan fingerprint density at radius 2 is 1.91 bits per heavy atom. The number of likely N-dealkylation sites (N-methyl/N-ethyl adjacent to an activating group) is 1. The summed E-state index contributed by atoms with van der Waals surface area (Å²) >= 11 is 0. The fourth-order valence-electron chi connectivity index (χ4n) is 5.39. The van der Waals surface area contributed by atoms with Crippen LogP contribution in [0.3, 0.4) is 0 Å². The molecule has 1 heterocycles. The molecular weight excluding hydrogens is 300 g/mol. The van der Waals surface area contributed by atoms with E-state index in [9.17, 15) is 13.2 Å². The average Bonchev–Trinajstić information content (AvgIpc) is 2.90. The molecule has 5 nitrogen and oxygen atoms in total. The van der Waals surface area contributed by atoms with E-state index in [4.69, 9.17) is 0 Å². The molecule has 1 aliphatic heterocycles. The highest BCUT2D eigenvalue weighted by atomic mass is 32.2. The molecule has 1 amide bonds. The van der Waals surface area contributed by atoms with Crippen molar-refractivity contribution in [1.82, 2.24) is 9.21 Å². The molecule has 2 aliphatic carbocycles. The van der Waals surface area contributed by atoms with Gasteiger partial charge in [0.1, 0.15) is 0 Å². The largest absolute Gasteiger partial charge is 0.342 e. The summed E-state index contributed by atoms with van der Waals surface area (Å²) in [6.07, 6.45) is 3.05. The summed E-state index contributed by atoms with van der Waals surface area (Å²) in [5, 5.41) is 0. The fourth-order valence-corrected chi connectivity index (χ4v) is 7.90. The van der Waals surface area contributed by atoms with Crippen molar-refractivity contribution in [2.45, 2.75) is 53.0 Å². The third kappa shape index (κ3) is 1.92. The summed E-state index contributed by atoms with van der Waals surface area (Å²) in [6, 6.07) is 0.0331. The number of hydrogen-bond donors (Lipinski definition) is 0. The zero-order valence-corrected chi connectivity index (χ0v) is 14.9. The van der Waals surface area contributed by atoms with Crippen LogP contribution in [0.5, 0.6) is 0 Å². The number of nitrogens with zero attached hydrogens (tertiary/aromatic N) is 2. The number of sulfonamides is 1. The molecule has 0 radical (unpaired) electrons. The van der Waals surface area contributed by atoms with Gasteiger partial charge in [-0.25, -0.2) is 8.42 Å². The number of amides is 1. The predicted molar refractivity (Wildman–Crippen MR) is 85.8 cm³/mol. The summed E-state index contributed by atoms with van der Waals surface area (Å²) in [5.74, 6) is 0.768. The van der Waals surface area contributed by atoms with E-state index in [1.54, 1.807) is 9.21 Å². The maximum atomic E-state index is 12.7. The van der Waals surface area contributed by atoms with Gasteiger partial charge in [-0.15, -0.1) is 0 Å². The number of rotatable bonds is 4. The molecule has 3 fully saturated rings. The first-order chi connectivity index (χ1) is 10.2. The highest BCUT2D eigenvalue weighted by molar-refractivity contribution is 7.89. The fraction of sp³-hybridized carbons (Fsp3) is 0.938. The van der Waals surface area contributed by atoms with Gasteiger partial charge in [-0.1, -0.05) is 13.8 Å². The Hall–Kier alpha value is -0.620. The predicted octanol–water partition coefficient (Wildman–Crippen LogP) is 1.70. The molecule has 1 spiro atoms. The number of hydrogen-bond acceptors (Lipinski definition) is 3. The Balaban J connectivity index is 1.89. The van der Waals surface area contributed by atoms with E-state index in [0.29, 0.717) is 19.0 Å². The zero-order chi connectivity index (χ0) is 16.3. The van der Waals surface area contributed by atoms with Gasteiger partial charge in [0.15, 0.2) is 0 Å². The maximum absolute atomic E-state index is 12.7. The monoisotopic (exact) mass is 328 g/mol. The molecular formula is C16H28N2O3S. The molecule has 3 aliphatic rings. The molecule has 22 heavy (non-hydrogen) atoms. The van der Waals surface area contributed by atoms with Gasteiger partial charge < -0.3 is 4.90 Å². The minimum Gasteiger partial charge on any atom is -0.342 e. The van der Waals surface area contributed by atoms with Gasteiger partial charge in [-0.3, -0.25) is 4.79 Å². The lowest BCUT2D eigenvalue weighted by Gasteiger charge is -2.37. The van der Waals surface area contributed by atoms with Crippen LogP contribution in [0.15, 0.2) is 0 Å². The van der Waals surface area contributed by atoms with Crippen LogP contribution < -0.4 is 0 Å². The third-order valence-corrected chi connectivity index (χ3v) is 8.92. The van der Waals surface area contributed by atoms with Crippen molar-refractivity contribution in [2.24, 2.45) is 16.7 Å². The van der Waals surface area contributed by atoms with Crippen LogP contribution in [0, 0.1) is 16.7 Å². The molecule has 0 aromatic carbocycles. The second-order valence-electron chi connectivity index (χ2n) is 7.73. The lowest BCUT2D eigenvalue weighted by Crippen LogP contribution is -2.46. The Morgan fingerprint density at radius 1 is 1.27 bits per heavy atom. The van der Waals surface area contributed by atoms with E-state index in [1.807, 2.05) is 13.8 Å². The van der Waals surface area contributed by atoms with Crippen LogP contribution in [0.2, 0.25) is 0 Å². The number of carbonyl (C=O) groups is 1. The van der Waals surface area contributed by atoms with E-state index in [-0.39, 0.29) is 35.1 Å². The first-order valence-corrected chi connectivity index (χ1v) is 10.1. The van der Waals surface area contributed by atoms with Crippen molar-refractivity contribution >= 4 is 15.9 Å². The summed E-state index contributed by atoms with van der Waals surface area (Å²) in [6.45, 7) is 9.62. The summed E-state index contributed by atoms with van der Waals surface area (Å²) in [4.78, 5) is 14.1. The smallest absolute Gasteiger partial charge is 0.237 e. The van der Waals surface area contributed by atoms with Gasteiger partial charge in [-0.05, 0) is 44.4 Å². The van der Waals surface area contributed by atoms with Gasteiger partial charge in [0.25, 0.3) is 0 Å². The molecule has 126 valence electrons. The lowest BCUT2D eigenvalue weighted by atomic mass is 9.69. The highest BCUT2D eigenvalue weighted by Crippen LogP contribution is 2.69. The van der Waals surface area contributed by atoms with Crippen LogP contribution in [0.1, 0.15) is 47.0 Å². The van der Waals surface area contributed by atoms with Crippen molar-refractivity contribution in [1.29, 1.82) is 0 Å². The normalized spacial score (nSPS) is 38.2. The maximum Gasteiger partial charge on any atom is 0.237 e. The van der Waals surface area contributed by atoms with Crippen LogP contribution in [-0.4, -0.2) is 55.0 Å². The van der Waals surface area contributed by atoms with Gasteiger partial charge in [0.05, 0.1) is 12.3 Å². The molecule has 0 unspecified atom stereocenters. The lowest BCUT2D eigenvalue weighted by molar-refractivity contribution is -0.131. The second-order valence-corrected chi connectivity index (χ2v) is 9.65. The van der Waals surface area contributed by atoms with Crippen LogP contribution in [0.4, 0.5) is 0 Å². The minimum absolute atomic E-state index is 0.0270. The van der Waals surface area contributed by atoms with Crippen molar-refractivity contribution < 1.29 is 13.2 Å². The Kier molecular flexibility index (Phi) is 3.64. The van der Waals surface area contributed by atoms with Gasteiger partial charge in [0.2, 0.25) is 15.9 Å². The van der Waals surface area contributed by atoms with Crippen molar-refractivity contribution in [3.8, 4) is 0 Å². The number of carbonyl (C=O) groups excluding carboxylic acids is 1.